The molecule has 1 rings (SSSR count). The fourth-order valence-electron chi connectivity index (χ4n) is 0.801. The average Bonchev–Trinajstić information content (AvgIpc) is 2.05. The molecule has 1 aromatic rings. The van der Waals surface area contributed by atoms with Crippen LogP contribution in [0.3, 0.4) is 0 Å². The molecule has 1 radical (unpaired) electrons. The van der Waals surface area contributed by atoms with Gasteiger partial charge >= 0.3 is 0 Å². The van der Waals surface area contributed by atoms with E-state index in [1.165, 1.54) is 12.1 Å². The van der Waals surface area contributed by atoms with Gasteiger partial charge in [-0.15, -0.1) is 0 Å². The van der Waals surface area contributed by atoms with Gasteiger partial charge in [0.25, 0.3) is 10.1 Å². The van der Waals surface area contributed by atoms with E-state index in [2.05, 4.69) is 4.18 Å². The summed E-state index contributed by atoms with van der Waals surface area (Å²) in [6.45, 7) is 1.89. The van der Waals surface area contributed by atoms with E-state index in [9.17, 15) is 8.42 Å². The van der Waals surface area contributed by atoms with Gasteiger partial charge in [0.15, 0.2) is 0 Å². The van der Waals surface area contributed by atoms with Crippen molar-refractivity contribution in [3.8, 4) is 0 Å². The molecule has 0 amide bonds. The van der Waals surface area contributed by atoms with Crippen LogP contribution in [0.1, 0.15) is 5.56 Å². The normalized spacial score (nSPS) is 10.6. The standard InChI is InChI=1S/C8H10O3S.Mn/c1-7-3-5-8(6-4-7)12(9,10)11-2;/h3-6H,1-2H3;. The maximum absolute atomic E-state index is 11.1. The summed E-state index contributed by atoms with van der Waals surface area (Å²) in [5.74, 6) is 0. The Morgan fingerprint density at radius 3 is 2.00 bits per heavy atom. The molecule has 0 aliphatic heterocycles. The summed E-state index contributed by atoms with van der Waals surface area (Å²) in [4.78, 5) is 0.190. The molecule has 13 heavy (non-hydrogen) atoms. The topological polar surface area (TPSA) is 43.4 Å². The van der Waals surface area contributed by atoms with Crippen LogP contribution < -0.4 is 0 Å². The fourth-order valence-corrected chi connectivity index (χ4v) is 1.46. The van der Waals surface area contributed by atoms with Gasteiger partial charge in [0.05, 0.1) is 12.0 Å². The first-order chi connectivity index (χ1) is 5.56. The Hall–Kier alpha value is -0.351. The Bertz CT molecular complexity index is 355. The second-order valence-electron chi connectivity index (χ2n) is 2.43. The summed E-state index contributed by atoms with van der Waals surface area (Å²) in [5, 5.41) is 0. The molecule has 0 bridgehead atoms. The molecule has 5 heteroatoms. The van der Waals surface area contributed by atoms with Crippen molar-refractivity contribution in [3.05, 3.63) is 29.8 Å². The molecule has 0 unspecified atom stereocenters. The van der Waals surface area contributed by atoms with Crippen molar-refractivity contribution < 1.29 is 29.7 Å². The SMILES string of the molecule is COS(=O)(=O)c1ccc(C)cc1.[Mn]. The molecule has 0 atom stereocenters. The monoisotopic (exact) mass is 241 g/mol. The zero-order valence-electron chi connectivity index (χ0n) is 7.32. The van der Waals surface area contributed by atoms with Crippen molar-refractivity contribution >= 4 is 10.1 Å². The van der Waals surface area contributed by atoms with E-state index in [1.54, 1.807) is 12.1 Å². The van der Waals surface area contributed by atoms with Crippen LogP contribution in [-0.4, -0.2) is 15.5 Å². The summed E-state index contributed by atoms with van der Waals surface area (Å²) in [6.07, 6.45) is 0. The van der Waals surface area contributed by atoms with Crippen LogP contribution in [0.4, 0.5) is 0 Å². The Kier molecular flexibility index (Phi) is 4.64. The van der Waals surface area contributed by atoms with Crippen molar-refractivity contribution in [2.45, 2.75) is 11.8 Å². The Labute approximate surface area is 88.7 Å². The molecule has 0 saturated carbocycles. The second-order valence-corrected chi connectivity index (χ2v) is 4.15. The van der Waals surface area contributed by atoms with E-state index in [-0.39, 0.29) is 22.0 Å². The number of rotatable bonds is 2. The Morgan fingerprint density at radius 2 is 1.62 bits per heavy atom. The predicted octanol–water partition coefficient (Wildman–Crippen LogP) is 1.33. The quantitative estimate of drug-likeness (QED) is 0.579. The molecule has 0 heterocycles. The van der Waals surface area contributed by atoms with Gasteiger partial charge in [-0.3, -0.25) is 4.18 Å². The fraction of sp³-hybridized carbons (Fsp3) is 0.250. The number of hydrogen-bond acceptors (Lipinski definition) is 3. The van der Waals surface area contributed by atoms with Crippen LogP contribution in [0, 0.1) is 6.92 Å². The minimum absolute atomic E-state index is 0. The van der Waals surface area contributed by atoms with Gasteiger partial charge in [0.2, 0.25) is 0 Å². The van der Waals surface area contributed by atoms with Crippen LogP contribution in [0.25, 0.3) is 0 Å². The van der Waals surface area contributed by atoms with Crippen molar-refractivity contribution in [2.24, 2.45) is 0 Å². The van der Waals surface area contributed by atoms with Gasteiger partial charge in [-0.1, -0.05) is 17.7 Å². The first-order valence-corrected chi connectivity index (χ1v) is 4.84. The number of benzene rings is 1. The van der Waals surface area contributed by atoms with Crippen LogP contribution in [0.15, 0.2) is 29.2 Å². The van der Waals surface area contributed by atoms with Crippen LogP contribution in [-0.2, 0) is 31.4 Å². The molecule has 0 spiro atoms. The largest absolute Gasteiger partial charge is 0.296 e. The summed E-state index contributed by atoms with van der Waals surface area (Å²) in [6, 6.07) is 6.50. The van der Waals surface area contributed by atoms with E-state index in [0.717, 1.165) is 12.7 Å². The van der Waals surface area contributed by atoms with Crippen LogP contribution in [0.5, 0.6) is 0 Å². The third-order valence-corrected chi connectivity index (χ3v) is 2.82. The van der Waals surface area contributed by atoms with Gasteiger partial charge in [-0.25, -0.2) is 0 Å². The van der Waals surface area contributed by atoms with Gasteiger partial charge in [-0.05, 0) is 19.1 Å². The van der Waals surface area contributed by atoms with Crippen LogP contribution >= 0.6 is 0 Å². The third-order valence-electron chi connectivity index (χ3n) is 1.53. The van der Waals surface area contributed by atoms with Crippen molar-refractivity contribution in [3.63, 3.8) is 0 Å². The Balaban J connectivity index is 0.00000144. The molecule has 0 saturated heterocycles. The van der Waals surface area contributed by atoms with Gasteiger partial charge in [0.1, 0.15) is 0 Å². The number of aryl methyl sites for hydroxylation is 1. The third kappa shape index (κ3) is 3.12. The summed E-state index contributed by atoms with van der Waals surface area (Å²) >= 11 is 0. The zero-order chi connectivity index (χ0) is 9.19. The van der Waals surface area contributed by atoms with Crippen molar-refractivity contribution in [2.75, 3.05) is 7.11 Å². The summed E-state index contributed by atoms with van der Waals surface area (Å²) in [5.41, 5.74) is 1.02. The van der Waals surface area contributed by atoms with Crippen molar-refractivity contribution in [1.29, 1.82) is 0 Å². The van der Waals surface area contributed by atoms with E-state index < -0.39 is 10.1 Å². The number of hydrogen-bond donors (Lipinski definition) is 0. The summed E-state index contributed by atoms with van der Waals surface area (Å²) in [7, 11) is -2.37. The first-order valence-electron chi connectivity index (χ1n) is 3.43. The maximum atomic E-state index is 11.1. The average molecular weight is 241 g/mol. The molecule has 3 nitrogen and oxygen atoms in total. The van der Waals surface area contributed by atoms with Crippen LogP contribution in [0.2, 0.25) is 0 Å². The molecule has 0 N–H and O–H groups in total. The smallest absolute Gasteiger partial charge is 0.270 e. The van der Waals surface area contributed by atoms with E-state index >= 15 is 0 Å². The molecule has 0 aromatic heterocycles. The second kappa shape index (κ2) is 4.77. The molecular weight excluding hydrogens is 231 g/mol. The molecular formula is C8H10MnO3S. The molecule has 0 aliphatic rings. The first kappa shape index (κ1) is 12.6. The minimum Gasteiger partial charge on any atom is -0.270 e. The zero-order valence-corrected chi connectivity index (χ0v) is 9.32. The molecule has 0 fully saturated rings. The van der Waals surface area contributed by atoms with E-state index in [1.807, 2.05) is 6.92 Å². The van der Waals surface area contributed by atoms with Crippen molar-refractivity contribution in [1.82, 2.24) is 0 Å². The van der Waals surface area contributed by atoms with Gasteiger partial charge in [0, 0.05) is 17.1 Å². The molecule has 0 aliphatic carbocycles. The summed E-state index contributed by atoms with van der Waals surface area (Å²) < 4.78 is 26.5. The van der Waals surface area contributed by atoms with E-state index in [4.69, 9.17) is 0 Å². The van der Waals surface area contributed by atoms with Gasteiger partial charge < -0.3 is 0 Å². The van der Waals surface area contributed by atoms with Gasteiger partial charge in [-0.2, -0.15) is 8.42 Å². The van der Waals surface area contributed by atoms with E-state index in [0.29, 0.717) is 0 Å². The minimum atomic E-state index is -3.51. The predicted molar refractivity (Wildman–Crippen MR) is 45.4 cm³/mol. The molecule has 1 aromatic carbocycles. The maximum Gasteiger partial charge on any atom is 0.296 e. The molecule has 73 valence electrons. The Morgan fingerprint density at radius 1 is 1.15 bits per heavy atom.